The van der Waals surface area contributed by atoms with Crippen molar-refractivity contribution in [2.45, 2.75) is 57.9 Å². The smallest absolute Gasteiger partial charge is 0.122 e. The molecule has 1 aliphatic heterocycles. The molecule has 20 heavy (non-hydrogen) atoms. The van der Waals surface area contributed by atoms with E-state index in [1.807, 2.05) is 0 Å². The number of hydrogen-bond acceptors (Lipinski definition) is 2. The van der Waals surface area contributed by atoms with Crippen molar-refractivity contribution in [3.63, 3.8) is 0 Å². The average Bonchev–Trinajstić information content (AvgIpc) is 2.82. The number of aryl methyl sites for hydroxylation is 1. The minimum absolute atomic E-state index is 0.0482. The summed E-state index contributed by atoms with van der Waals surface area (Å²) in [7, 11) is 0. The number of benzene rings is 1. The van der Waals surface area contributed by atoms with Gasteiger partial charge in [-0.05, 0) is 61.1 Å². The number of ether oxygens (including phenoxy) is 1. The molecule has 110 valence electrons. The van der Waals surface area contributed by atoms with E-state index in [0.29, 0.717) is 0 Å². The largest absolute Gasteiger partial charge is 0.493 e. The molecule has 2 nitrogen and oxygen atoms in total. The van der Waals surface area contributed by atoms with Crippen LogP contribution < -0.4 is 10.5 Å². The Bertz CT molecular complexity index is 472. The van der Waals surface area contributed by atoms with Crippen LogP contribution in [0.25, 0.3) is 0 Å². The molecule has 0 spiro atoms. The third-order valence-electron chi connectivity index (χ3n) is 4.98. The summed E-state index contributed by atoms with van der Waals surface area (Å²) in [5.41, 5.74) is 9.52. The first-order valence-corrected chi connectivity index (χ1v) is 8.07. The maximum atomic E-state index is 6.68. The Morgan fingerprint density at radius 1 is 1.25 bits per heavy atom. The summed E-state index contributed by atoms with van der Waals surface area (Å²) in [6.45, 7) is 5.54. The molecule has 2 heteroatoms. The summed E-state index contributed by atoms with van der Waals surface area (Å²) in [6.07, 6.45) is 6.99. The van der Waals surface area contributed by atoms with Crippen molar-refractivity contribution < 1.29 is 4.74 Å². The maximum absolute atomic E-state index is 6.68. The van der Waals surface area contributed by atoms with Crippen LogP contribution in [-0.2, 0) is 12.8 Å². The normalized spacial score (nSPS) is 32.8. The van der Waals surface area contributed by atoms with E-state index in [4.69, 9.17) is 10.5 Å². The number of fused-ring (bicyclic) bond motifs is 1. The van der Waals surface area contributed by atoms with E-state index in [1.165, 1.54) is 30.4 Å². The lowest BCUT2D eigenvalue weighted by atomic mass is 9.70. The Hall–Kier alpha value is -1.02. The van der Waals surface area contributed by atoms with Crippen molar-refractivity contribution in [1.29, 1.82) is 0 Å². The summed E-state index contributed by atoms with van der Waals surface area (Å²) in [5.74, 6) is 2.63. The lowest BCUT2D eigenvalue weighted by Crippen LogP contribution is -2.46. The second-order valence-corrected chi connectivity index (χ2v) is 7.26. The highest BCUT2D eigenvalue weighted by atomic mass is 16.5. The Kier molecular flexibility index (Phi) is 3.76. The summed E-state index contributed by atoms with van der Waals surface area (Å²) < 4.78 is 5.57. The lowest BCUT2D eigenvalue weighted by molar-refractivity contribution is 0.173. The fourth-order valence-corrected chi connectivity index (χ4v) is 4.32. The van der Waals surface area contributed by atoms with Crippen LogP contribution in [-0.4, -0.2) is 12.1 Å². The van der Waals surface area contributed by atoms with E-state index < -0.39 is 0 Å². The van der Waals surface area contributed by atoms with Crippen molar-refractivity contribution >= 4 is 0 Å². The number of hydrogen-bond donors (Lipinski definition) is 1. The SMILES string of the molecule is CC1CC(C)CC(N)(CCc2ccc3c(c2)CCO3)C1. The second-order valence-electron chi connectivity index (χ2n) is 7.26. The summed E-state index contributed by atoms with van der Waals surface area (Å²) in [6, 6.07) is 6.66. The van der Waals surface area contributed by atoms with Crippen molar-refractivity contribution in [2.24, 2.45) is 17.6 Å². The van der Waals surface area contributed by atoms with Crippen LogP contribution >= 0.6 is 0 Å². The molecule has 1 heterocycles. The van der Waals surface area contributed by atoms with Gasteiger partial charge in [0.25, 0.3) is 0 Å². The van der Waals surface area contributed by atoms with Crippen molar-refractivity contribution in [1.82, 2.24) is 0 Å². The molecule has 2 aliphatic rings. The van der Waals surface area contributed by atoms with E-state index in [-0.39, 0.29) is 5.54 Å². The van der Waals surface area contributed by atoms with E-state index in [0.717, 1.165) is 43.5 Å². The van der Waals surface area contributed by atoms with E-state index >= 15 is 0 Å². The lowest BCUT2D eigenvalue weighted by Gasteiger charge is -2.40. The molecule has 1 fully saturated rings. The Balaban J connectivity index is 1.64. The van der Waals surface area contributed by atoms with Crippen LogP contribution in [0.4, 0.5) is 0 Å². The Morgan fingerprint density at radius 2 is 2.00 bits per heavy atom. The maximum Gasteiger partial charge on any atom is 0.122 e. The van der Waals surface area contributed by atoms with Gasteiger partial charge < -0.3 is 10.5 Å². The van der Waals surface area contributed by atoms with E-state index in [2.05, 4.69) is 32.0 Å². The first kappa shape index (κ1) is 13.9. The van der Waals surface area contributed by atoms with Gasteiger partial charge in [0.05, 0.1) is 6.61 Å². The van der Waals surface area contributed by atoms with E-state index in [1.54, 1.807) is 0 Å². The molecule has 1 aromatic rings. The predicted octanol–water partition coefficient (Wildman–Crippen LogP) is 3.71. The molecule has 0 aromatic heterocycles. The van der Waals surface area contributed by atoms with Crippen molar-refractivity contribution in [3.05, 3.63) is 29.3 Å². The van der Waals surface area contributed by atoms with Gasteiger partial charge >= 0.3 is 0 Å². The standard InChI is InChI=1S/C18H27NO/c1-13-9-14(2)12-18(19,11-13)7-5-15-3-4-17-16(10-15)6-8-20-17/h3-4,10,13-14H,5-9,11-12,19H2,1-2H3. The zero-order chi connectivity index (χ0) is 14.2. The van der Waals surface area contributed by atoms with Gasteiger partial charge in [-0.15, -0.1) is 0 Å². The fraction of sp³-hybridized carbons (Fsp3) is 0.667. The van der Waals surface area contributed by atoms with Gasteiger partial charge in [-0.2, -0.15) is 0 Å². The van der Waals surface area contributed by atoms with Gasteiger partial charge in [-0.25, -0.2) is 0 Å². The molecule has 0 saturated heterocycles. The Labute approximate surface area is 122 Å². The molecule has 1 aliphatic carbocycles. The monoisotopic (exact) mass is 273 g/mol. The number of rotatable bonds is 3. The highest BCUT2D eigenvalue weighted by Crippen LogP contribution is 2.37. The zero-order valence-corrected chi connectivity index (χ0v) is 12.8. The van der Waals surface area contributed by atoms with Crippen LogP contribution in [0.5, 0.6) is 5.75 Å². The second kappa shape index (κ2) is 5.40. The Morgan fingerprint density at radius 3 is 2.75 bits per heavy atom. The fourth-order valence-electron chi connectivity index (χ4n) is 4.32. The average molecular weight is 273 g/mol. The molecule has 1 aromatic carbocycles. The van der Waals surface area contributed by atoms with Gasteiger partial charge in [0.2, 0.25) is 0 Å². The van der Waals surface area contributed by atoms with Crippen molar-refractivity contribution in [2.75, 3.05) is 6.61 Å². The van der Waals surface area contributed by atoms with Gasteiger partial charge in [0.1, 0.15) is 5.75 Å². The minimum atomic E-state index is 0.0482. The van der Waals surface area contributed by atoms with Crippen LogP contribution in [0.1, 0.15) is 50.7 Å². The van der Waals surface area contributed by atoms with Gasteiger partial charge in [0, 0.05) is 12.0 Å². The molecule has 2 unspecified atom stereocenters. The van der Waals surface area contributed by atoms with Crippen LogP contribution in [0.15, 0.2) is 18.2 Å². The quantitative estimate of drug-likeness (QED) is 0.911. The molecule has 1 saturated carbocycles. The number of nitrogens with two attached hydrogens (primary N) is 1. The van der Waals surface area contributed by atoms with Crippen molar-refractivity contribution in [3.8, 4) is 5.75 Å². The molecule has 2 N–H and O–H groups in total. The molecule has 0 bridgehead atoms. The van der Waals surface area contributed by atoms with Gasteiger partial charge in [-0.3, -0.25) is 0 Å². The van der Waals surface area contributed by atoms with Gasteiger partial charge in [-0.1, -0.05) is 26.0 Å². The van der Waals surface area contributed by atoms with Crippen LogP contribution in [0, 0.1) is 11.8 Å². The summed E-state index contributed by atoms with van der Waals surface area (Å²) >= 11 is 0. The topological polar surface area (TPSA) is 35.2 Å². The van der Waals surface area contributed by atoms with Gasteiger partial charge in [0.15, 0.2) is 0 Å². The molecule has 2 atom stereocenters. The summed E-state index contributed by atoms with van der Waals surface area (Å²) in [5, 5.41) is 0. The molecular formula is C18H27NO. The van der Waals surface area contributed by atoms with Crippen LogP contribution in [0.2, 0.25) is 0 Å². The highest BCUT2D eigenvalue weighted by molar-refractivity contribution is 5.39. The predicted molar refractivity (Wildman–Crippen MR) is 83.1 cm³/mol. The molecule has 3 rings (SSSR count). The van der Waals surface area contributed by atoms with E-state index in [9.17, 15) is 0 Å². The first-order chi connectivity index (χ1) is 9.54. The summed E-state index contributed by atoms with van der Waals surface area (Å²) in [4.78, 5) is 0. The molecule has 0 radical (unpaired) electrons. The highest BCUT2D eigenvalue weighted by Gasteiger charge is 2.34. The molecule has 0 amide bonds. The zero-order valence-electron chi connectivity index (χ0n) is 12.8. The molecular weight excluding hydrogens is 246 g/mol. The minimum Gasteiger partial charge on any atom is -0.493 e. The third-order valence-corrected chi connectivity index (χ3v) is 4.98. The van der Waals surface area contributed by atoms with Crippen LogP contribution in [0.3, 0.4) is 0 Å². The first-order valence-electron chi connectivity index (χ1n) is 8.07. The third kappa shape index (κ3) is 3.01.